The lowest BCUT2D eigenvalue weighted by Crippen LogP contribution is -2.32. The van der Waals surface area contributed by atoms with Crippen LogP contribution in [0.25, 0.3) is 11.5 Å². The van der Waals surface area contributed by atoms with Crippen molar-refractivity contribution >= 4 is 5.82 Å². The molecule has 1 aliphatic heterocycles. The predicted octanol–water partition coefficient (Wildman–Crippen LogP) is 2.82. The number of benzene rings is 1. The minimum absolute atomic E-state index is 0.138. The fourth-order valence-corrected chi connectivity index (χ4v) is 3.24. The molecule has 1 aliphatic rings. The van der Waals surface area contributed by atoms with Gasteiger partial charge in [0.05, 0.1) is 18.2 Å². The van der Waals surface area contributed by atoms with Gasteiger partial charge in [-0.25, -0.2) is 9.37 Å². The Balaban J connectivity index is 1.48. The molecule has 6 nitrogen and oxygen atoms in total. The van der Waals surface area contributed by atoms with E-state index < -0.39 is 0 Å². The molecule has 0 radical (unpaired) electrons. The number of aromatic nitrogens is 3. The van der Waals surface area contributed by atoms with E-state index in [2.05, 4.69) is 20.0 Å². The van der Waals surface area contributed by atoms with E-state index in [9.17, 15) is 9.50 Å². The molecule has 2 aromatic heterocycles. The summed E-state index contributed by atoms with van der Waals surface area (Å²) in [5.74, 6) is 1.52. The Bertz CT molecular complexity index is 864. The molecule has 0 aliphatic carbocycles. The molecule has 0 spiro atoms. The molecule has 1 saturated heterocycles. The van der Waals surface area contributed by atoms with E-state index in [4.69, 9.17) is 4.52 Å². The summed E-state index contributed by atoms with van der Waals surface area (Å²) < 4.78 is 18.3. The lowest BCUT2D eigenvalue weighted by atomic mass is 10.1. The molecule has 134 valence electrons. The molecule has 7 heteroatoms. The molecule has 4 rings (SSSR count). The number of halogens is 1. The van der Waals surface area contributed by atoms with Crippen molar-refractivity contribution in [1.82, 2.24) is 15.1 Å². The van der Waals surface area contributed by atoms with E-state index >= 15 is 0 Å². The summed E-state index contributed by atoms with van der Waals surface area (Å²) in [4.78, 5) is 11.0. The summed E-state index contributed by atoms with van der Waals surface area (Å²) in [6.07, 6.45) is 4.22. The normalized spacial score (nSPS) is 17.0. The molecule has 0 saturated carbocycles. The van der Waals surface area contributed by atoms with Crippen LogP contribution in [0.2, 0.25) is 0 Å². The second-order valence-corrected chi connectivity index (χ2v) is 6.40. The summed E-state index contributed by atoms with van der Waals surface area (Å²) >= 11 is 0. The molecule has 1 fully saturated rings. The first-order valence-electron chi connectivity index (χ1n) is 8.64. The average molecular weight is 354 g/mol. The summed E-state index contributed by atoms with van der Waals surface area (Å²) in [5.41, 5.74) is 1.66. The second-order valence-electron chi connectivity index (χ2n) is 6.40. The Kier molecular flexibility index (Phi) is 4.62. The fourth-order valence-electron chi connectivity index (χ4n) is 3.24. The summed E-state index contributed by atoms with van der Waals surface area (Å²) in [6, 6.07) is 10.2. The van der Waals surface area contributed by atoms with Crippen molar-refractivity contribution in [2.45, 2.75) is 25.3 Å². The third kappa shape index (κ3) is 3.43. The molecule has 0 bridgehead atoms. The van der Waals surface area contributed by atoms with Gasteiger partial charge in [-0.3, -0.25) is 0 Å². The van der Waals surface area contributed by atoms with Gasteiger partial charge in [-0.2, -0.15) is 4.98 Å². The summed E-state index contributed by atoms with van der Waals surface area (Å²) in [5, 5.41) is 13.4. The minimum atomic E-state index is -0.268. The number of hydrogen-bond donors (Lipinski definition) is 1. The number of pyridine rings is 1. The maximum absolute atomic E-state index is 13.0. The van der Waals surface area contributed by atoms with E-state index in [-0.39, 0.29) is 18.5 Å². The first-order valence-corrected chi connectivity index (χ1v) is 8.64. The third-order valence-electron chi connectivity index (χ3n) is 4.62. The van der Waals surface area contributed by atoms with Crippen LogP contribution in [0.5, 0.6) is 0 Å². The maximum atomic E-state index is 13.0. The lowest BCUT2D eigenvalue weighted by Gasteiger charge is -2.23. The highest BCUT2D eigenvalue weighted by atomic mass is 19.1. The number of anilines is 1. The van der Waals surface area contributed by atoms with Crippen molar-refractivity contribution in [2.24, 2.45) is 0 Å². The van der Waals surface area contributed by atoms with E-state index in [0.29, 0.717) is 18.1 Å². The molecule has 1 unspecified atom stereocenters. The zero-order chi connectivity index (χ0) is 17.9. The number of aliphatic hydroxyl groups is 1. The quantitative estimate of drug-likeness (QED) is 0.759. The SMILES string of the molecule is OCC1CCCN1c1ccc(-c2nc(Cc3ccc(F)cc3)no2)cn1. The van der Waals surface area contributed by atoms with Gasteiger partial charge in [-0.1, -0.05) is 17.3 Å². The second kappa shape index (κ2) is 7.21. The van der Waals surface area contributed by atoms with Crippen LogP contribution >= 0.6 is 0 Å². The zero-order valence-corrected chi connectivity index (χ0v) is 14.2. The molecule has 3 heterocycles. The van der Waals surface area contributed by atoms with E-state index in [1.165, 1.54) is 12.1 Å². The summed E-state index contributed by atoms with van der Waals surface area (Å²) in [6.45, 7) is 1.04. The Labute approximate surface area is 150 Å². The number of nitrogens with zero attached hydrogens (tertiary/aromatic N) is 4. The van der Waals surface area contributed by atoms with Crippen molar-refractivity contribution < 1.29 is 14.0 Å². The number of hydrogen-bond acceptors (Lipinski definition) is 6. The predicted molar refractivity (Wildman–Crippen MR) is 94.2 cm³/mol. The van der Waals surface area contributed by atoms with Crippen LogP contribution in [0.1, 0.15) is 24.2 Å². The molecule has 3 aromatic rings. The maximum Gasteiger partial charge on any atom is 0.259 e. The van der Waals surface area contributed by atoms with Gasteiger partial charge in [0, 0.05) is 19.2 Å². The number of aliphatic hydroxyl groups excluding tert-OH is 1. The molecule has 1 aromatic carbocycles. The smallest absolute Gasteiger partial charge is 0.259 e. The van der Waals surface area contributed by atoms with Crippen molar-refractivity contribution in [3.8, 4) is 11.5 Å². The average Bonchev–Trinajstić information content (AvgIpc) is 3.33. The lowest BCUT2D eigenvalue weighted by molar-refractivity contribution is 0.266. The van der Waals surface area contributed by atoms with Crippen LogP contribution in [0.15, 0.2) is 47.1 Å². The highest BCUT2D eigenvalue weighted by molar-refractivity contribution is 5.55. The van der Waals surface area contributed by atoms with Crippen LogP contribution in [-0.2, 0) is 6.42 Å². The van der Waals surface area contributed by atoms with Gasteiger partial charge in [0.25, 0.3) is 5.89 Å². The first-order chi connectivity index (χ1) is 12.7. The minimum Gasteiger partial charge on any atom is -0.394 e. The van der Waals surface area contributed by atoms with Gasteiger partial charge in [-0.05, 0) is 42.7 Å². The largest absolute Gasteiger partial charge is 0.394 e. The summed E-state index contributed by atoms with van der Waals surface area (Å²) in [7, 11) is 0. The van der Waals surface area contributed by atoms with Gasteiger partial charge < -0.3 is 14.5 Å². The van der Waals surface area contributed by atoms with Gasteiger partial charge in [0.1, 0.15) is 11.6 Å². The van der Waals surface area contributed by atoms with Crippen molar-refractivity contribution in [1.29, 1.82) is 0 Å². The van der Waals surface area contributed by atoms with E-state index in [0.717, 1.165) is 36.3 Å². The number of rotatable bonds is 5. The van der Waals surface area contributed by atoms with Crippen LogP contribution in [0.3, 0.4) is 0 Å². The van der Waals surface area contributed by atoms with Crippen LogP contribution in [0, 0.1) is 5.82 Å². The standard InChI is InChI=1S/C19H19FN4O2/c20-15-6-3-13(4-7-15)10-17-22-19(26-23-17)14-5-8-18(21-11-14)24-9-1-2-16(24)12-25/h3-8,11,16,25H,1-2,9-10,12H2. The fraction of sp³-hybridized carbons (Fsp3) is 0.316. The van der Waals surface area contributed by atoms with Gasteiger partial charge >= 0.3 is 0 Å². The Morgan fingerprint density at radius 2 is 2.04 bits per heavy atom. The van der Waals surface area contributed by atoms with Gasteiger partial charge in [0.15, 0.2) is 5.82 Å². The Hall–Kier alpha value is -2.80. The first kappa shape index (κ1) is 16.7. The molecule has 1 atom stereocenters. The third-order valence-corrected chi connectivity index (χ3v) is 4.62. The van der Waals surface area contributed by atoms with Crippen LogP contribution < -0.4 is 4.90 Å². The van der Waals surface area contributed by atoms with Crippen molar-refractivity contribution in [3.05, 3.63) is 59.8 Å². The highest BCUT2D eigenvalue weighted by Gasteiger charge is 2.24. The zero-order valence-electron chi connectivity index (χ0n) is 14.2. The molecular formula is C19H19FN4O2. The molecule has 1 N–H and O–H groups in total. The van der Waals surface area contributed by atoms with Crippen LogP contribution in [0.4, 0.5) is 10.2 Å². The monoisotopic (exact) mass is 354 g/mol. The Morgan fingerprint density at radius 1 is 1.19 bits per heavy atom. The van der Waals surface area contributed by atoms with E-state index in [1.807, 2.05) is 12.1 Å². The van der Waals surface area contributed by atoms with Gasteiger partial charge in [0.2, 0.25) is 0 Å². The van der Waals surface area contributed by atoms with Gasteiger partial charge in [-0.15, -0.1) is 0 Å². The molecule has 26 heavy (non-hydrogen) atoms. The van der Waals surface area contributed by atoms with Crippen molar-refractivity contribution in [3.63, 3.8) is 0 Å². The topological polar surface area (TPSA) is 75.3 Å². The van der Waals surface area contributed by atoms with E-state index in [1.54, 1.807) is 18.3 Å². The highest BCUT2D eigenvalue weighted by Crippen LogP contribution is 2.25. The molecule has 0 amide bonds. The van der Waals surface area contributed by atoms with Crippen LogP contribution in [-0.4, -0.2) is 39.4 Å². The van der Waals surface area contributed by atoms with Crippen molar-refractivity contribution in [2.75, 3.05) is 18.1 Å². The molecular weight excluding hydrogens is 335 g/mol. The Morgan fingerprint density at radius 3 is 2.77 bits per heavy atom.